The number of phenolic OH excluding ortho intramolecular Hbond substituents is 1. The molecular weight excluding hydrogens is 334 g/mol. The van der Waals surface area contributed by atoms with E-state index in [2.05, 4.69) is 15.8 Å². The number of amides is 2. The number of nitrogens with one attached hydrogen (secondary N) is 2. The first-order valence-corrected chi connectivity index (χ1v) is 8.03. The summed E-state index contributed by atoms with van der Waals surface area (Å²) in [4.78, 5) is 23.6. The Bertz CT molecular complexity index is 801. The Labute approximate surface area is 151 Å². The standard InChI is InChI=1S/C19H21N3O4/c1-13-3-5-15(6-4-13)21-18(24)9-10-19(25)22-20-12-14-11-16(26-2)7-8-17(14)23/h3-8,11-12,23H,9-10H2,1-2H3,(H,21,24)(H,22,25)/b20-12+. The number of hydrogen-bond donors (Lipinski definition) is 3. The van der Waals surface area contributed by atoms with Gasteiger partial charge in [0.1, 0.15) is 11.5 Å². The van der Waals surface area contributed by atoms with Gasteiger partial charge in [0.15, 0.2) is 0 Å². The van der Waals surface area contributed by atoms with Crippen LogP contribution in [0.4, 0.5) is 5.69 Å². The molecule has 2 amide bonds. The van der Waals surface area contributed by atoms with Crippen molar-refractivity contribution in [1.82, 2.24) is 5.43 Å². The molecule has 136 valence electrons. The molecule has 0 spiro atoms. The van der Waals surface area contributed by atoms with Gasteiger partial charge in [-0.2, -0.15) is 5.10 Å². The summed E-state index contributed by atoms with van der Waals surface area (Å²) in [5.41, 5.74) is 4.51. The highest BCUT2D eigenvalue weighted by atomic mass is 16.5. The predicted molar refractivity (Wildman–Crippen MR) is 99.4 cm³/mol. The second-order valence-electron chi connectivity index (χ2n) is 5.63. The largest absolute Gasteiger partial charge is 0.507 e. The van der Waals surface area contributed by atoms with Crippen molar-refractivity contribution in [3.8, 4) is 11.5 Å². The van der Waals surface area contributed by atoms with Crippen LogP contribution in [0.5, 0.6) is 11.5 Å². The molecule has 0 saturated carbocycles. The number of phenols is 1. The van der Waals surface area contributed by atoms with E-state index in [-0.39, 0.29) is 24.5 Å². The molecule has 0 aliphatic rings. The first-order chi connectivity index (χ1) is 12.5. The van der Waals surface area contributed by atoms with Crippen LogP contribution in [0.1, 0.15) is 24.0 Å². The molecule has 0 aromatic heterocycles. The summed E-state index contributed by atoms with van der Waals surface area (Å²) in [6, 6.07) is 12.1. The number of nitrogens with zero attached hydrogens (tertiary/aromatic N) is 1. The molecule has 0 saturated heterocycles. The number of anilines is 1. The number of aromatic hydroxyl groups is 1. The highest BCUT2D eigenvalue weighted by molar-refractivity contribution is 5.93. The number of rotatable bonds is 7. The van der Waals surface area contributed by atoms with Gasteiger partial charge in [0, 0.05) is 24.1 Å². The zero-order valence-electron chi connectivity index (χ0n) is 14.7. The fraction of sp³-hybridized carbons (Fsp3) is 0.211. The van der Waals surface area contributed by atoms with Gasteiger partial charge < -0.3 is 15.2 Å². The van der Waals surface area contributed by atoms with Crippen molar-refractivity contribution in [3.63, 3.8) is 0 Å². The van der Waals surface area contributed by atoms with E-state index >= 15 is 0 Å². The molecule has 26 heavy (non-hydrogen) atoms. The van der Waals surface area contributed by atoms with Crippen LogP contribution in [-0.4, -0.2) is 30.2 Å². The number of ether oxygens (including phenoxy) is 1. The molecule has 2 aromatic carbocycles. The lowest BCUT2D eigenvalue weighted by Gasteiger charge is -2.05. The number of hydrazone groups is 1. The number of aryl methyl sites for hydroxylation is 1. The second-order valence-corrected chi connectivity index (χ2v) is 5.63. The van der Waals surface area contributed by atoms with E-state index in [4.69, 9.17) is 4.74 Å². The zero-order chi connectivity index (χ0) is 18.9. The normalized spacial score (nSPS) is 10.5. The summed E-state index contributed by atoms with van der Waals surface area (Å²) >= 11 is 0. The first-order valence-electron chi connectivity index (χ1n) is 8.03. The van der Waals surface area contributed by atoms with Crippen molar-refractivity contribution >= 4 is 23.7 Å². The fourth-order valence-electron chi connectivity index (χ4n) is 2.08. The first kappa shape index (κ1) is 19.0. The minimum Gasteiger partial charge on any atom is -0.507 e. The van der Waals surface area contributed by atoms with Crippen molar-refractivity contribution in [2.24, 2.45) is 5.10 Å². The lowest BCUT2D eigenvalue weighted by Crippen LogP contribution is -2.20. The third-order valence-corrected chi connectivity index (χ3v) is 3.54. The molecule has 2 rings (SSSR count). The molecule has 0 aliphatic heterocycles. The van der Waals surface area contributed by atoms with Crippen LogP contribution in [0, 0.1) is 6.92 Å². The van der Waals surface area contributed by atoms with Gasteiger partial charge in [0.25, 0.3) is 0 Å². The van der Waals surface area contributed by atoms with Crippen LogP contribution >= 0.6 is 0 Å². The molecular formula is C19H21N3O4. The average molecular weight is 355 g/mol. The van der Waals surface area contributed by atoms with Crippen LogP contribution in [0.15, 0.2) is 47.6 Å². The Morgan fingerprint density at radius 2 is 1.81 bits per heavy atom. The SMILES string of the molecule is COc1ccc(O)c(/C=N/NC(=O)CCC(=O)Nc2ccc(C)cc2)c1. The minimum atomic E-state index is -0.400. The van der Waals surface area contributed by atoms with Gasteiger partial charge in [-0.3, -0.25) is 9.59 Å². The molecule has 0 radical (unpaired) electrons. The summed E-state index contributed by atoms with van der Waals surface area (Å²) in [6.45, 7) is 1.96. The number of methoxy groups -OCH3 is 1. The zero-order valence-corrected chi connectivity index (χ0v) is 14.7. The molecule has 0 fully saturated rings. The van der Waals surface area contributed by atoms with Crippen LogP contribution in [0.25, 0.3) is 0 Å². The quantitative estimate of drug-likeness (QED) is 0.525. The molecule has 0 unspecified atom stereocenters. The van der Waals surface area contributed by atoms with E-state index in [9.17, 15) is 14.7 Å². The maximum absolute atomic E-state index is 11.8. The number of carbonyl (C=O) groups is 2. The Kier molecular flexibility index (Phi) is 6.73. The van der Waals surface area contributed by atoms with Gasteiger partial charge in [-0.25, -0.2) is 5.43 Å². The number of hydrogen-bond acceptors (Lipinski definition) is 5. The van der Waals surface area contributed by atoms with Crippen LogP contribution in [0.3, 0.4) is 0 Å². The van der Waals surface area contributed by atoms with Crippen molar-refractivity contribution in [3.05, 3.63) is 53.6 Å². The maximum Gasteiger partial charge on any atom is 0.240 e. The van der Waals surface area contributed by atoms with E-state index in [1.807, 2.05) is 19.1 Å². The second kappa shape index (κ2) is 9.22. The smallest absolute Gasteiger partial charge is 0.240 e. The molecule has 7 heteroatoms. The molecule has 3 N–H and O–H groups in total. The Hall–Kier alpha value is -3.35. The minimum absolute atomic E-state index is 0.000865. The maximum atomic E-state index is 11.8. The molecule has 0 aliphatic carbocycles. The Morgan fingerprint density at radius 1 is 1.12 bits per heavy atom. The average Bonchev–Trinajstić information content (AvgIpc) is 2.63. The van der Waals surface area contributed by atoms with Crippen LogP contribution < -0.4 is 15.5 Å². The Balaban J connectivity index is 1.78. The summed E-state index contributed by atoms with van der Waals surface area (Å²) < 4.78 is 5.05. The molecule has 0 heterocycles. The summed E-state index contributed by atoms with van der Waals surface area (Å²) in [7, 11) is 1.51. The van der Waals surface area contributed by atoms with E-state index in [0.29, 0.717) is 17.0 Å². The molecule has 2 aromatic rings. The van der Waals surface area contributed by atoms with Crippen LogP contribution in [0.2, 0.25) is 0 Å². The van der Waals surface area contributed by atoms with Crippen LogP contribution in [-0.2, 0) is 9.59 Å². The molecule has 0 bridgehead atoms. The monoisotopic (exact) mass is 355 g/mol. The van der Waals surface area contributed by atoms with Gasteiger partial charge in [-0.15, -0.1) is 0 Å². The van der Waals surface area contributed by atoms with Crippen molar-refractivity contribution in [2.45, 2.75) is 19.8 Å². The third kappa shape index (κ3) is 5.94. The molecule has 7 nitrogen and oxygen atoms in total. The van der Waals surface area contributed by atoms with Gasteiger partial charge >= 0.3 is 0 Å². The van der Waals surface area contributed by atoms with E-state index in [1.54, 1.807) is 24.3 Å². The van der Waals surface area contributed by atoms with Crippen molar-refractivity contribution in [2.75, 3.05) is 12.4 Å². The summed E-state index contributed by atoms with van der Waals surface area (Å²) in [5, 5.41) is 16.2. The predicted octanol–water partition coefficient (Wildman–Crippen LogP) is 2.58. The van der Waals surface area contributed by atoms with Gasteiger partial charge in [-0.05, 0) is 37.3 Å². The lowest BCUT2D eigenvalue weighted by atomic mass is 10.2. The third-order valence-electron chi connectivity index (χ3n) is 3.54. The number of benzene rings is 2. The van der Waals surface area contributed by atoms with Crippen molar-refractivity contribution < 1.29 is 19.4 Å². The van der Waals surface area contributed by atoms with Gasteiger partial charge in [-0.1, -0.05) is 17.7 Å². The topological polar surface area (TPSA) is 100 Å². The number of carbonyl (C=O) groups excluding carboxylic acids is 2. The van der Waals surface area contributed by atoms with E-state index < -0.39 is 5.91 Å². The highest BCUT2D eigenvalue weighted by Gasteiger charge is 2.07. The van der Waals surface area contributed by atoms with Crippen molar-refractivity contribution in [1.29, 1.82) is 0 Å². The van der Waals surface area contributed by atoms with E-state index in [0.717, 1.165) is 5.56 Å². The van der Waals surface area contributed by atoms with Gasteiger partial charge in [0.05, 0.1) is 13.3 Å². The Morgan fingerprint density at radius 3 is 2.50 bits per heavy atom. The lowest BCUT2D eigenvalue weighted by molar-refractivity contribution is -0.124. The molecule has 0 atom stereocenters. The summed E-state index contributed by atoms with van der Waals surface area (Å²) in [6.07, 6.45) is 1.35. The highest BCUT2D eigenvalue weighted by Crippen LogP contribution is 2.20. The summed E-state index contributed by atoms with van der Waals surface area (Å²) in [5.74, 6) is -0.0780. The fourth-order valence-corrected chi connectivity index (χ4v) is 2.08. The van der Waals surface area contributed by atoms with E-state index in [1.165, 1.54) is 19.4 Å². The van der Waals surface area contributed by atoms with Gasteiger partial charge in [0.2, 0.25) is 11.8 Å².